The summed E-state index contributed by atoms with van der Waals surface area (Å²) in [7, 11) is 0. The van der Waals surface area contributed by atoms with E-state index in [4.69, 9.17) is 5.73 Å². The molecule has 0 aliphatic carbocycles. The molecular weight excluding hydrogens is 328 g/mol. The van der Waals surface area contributed by atoms with Gasteiger partial charge >= 0.3 is 31.1 Å². The van der Waals surface area contributed by atoms with E-state index in [0.29, 0.717) is 0 Å². The van der Waals surface area contributed by atoms with E-state index < -0.39 is 5.91 Å². The van der Waals surface area contributed by atoms with Gasteiger partial charge in [0.05, 0.1) is 5.91 Å². The van der Waals surface area contributed by atoms with Crippen LogP contribution in [-0.2, 0) is 4.79 Å². The molecule has 2 nitrogen and oxygen atoms in total. The van der Waals surface area contributed by atoms with Gasteiger partial charge < -0.3 is 18.0 Å². The Kier molecular flexibility index (Phi) is 14.9. The van der Waals surface area contributed by atoms with E-state index in [1.54, 1.807) is 13.8 Å². The normalized spacial score (nSPS) is 6.88. The Bertz CT molecular complexity index is 63.4. The molecule has 0 bridgehead atoms. The van der Waals surface area contributed by atoms with Crippen molar-refractivity contribution in [2.45, 2.75) is 13.8 Å². The van der Waals surface area contributed by atoms with E-state index in [1.165, 1.54) is 0 Å². The van der Waals surface area contributed by atoms with Crippen molar-refractivity contribution in [3.8, 4) is 0 Å². The number of nitrogens with one attached hydrogen (secondary N) is 1. The summed E-state index contributed by atoms with van der Waals surface area (Å²) in [6.07, 6.45) is 0. The van der Waals surface area contributed by atoms with E-state index in [1.807, 2.05) is 0 Å². The summed E-state index contributed by atoms with van der Waals surface area (Å²) < 4.78 is 0. The average molecular weight is 339 g/mol. The van der Waals surface area contributed by atoms with Gasteiger partial charge in [0.15, 0.2) is 0 Å². The van der Waals surface area contributed by atoms with Crippen LogP contribution in [0.5, 0.6) is 0 Å². The number of rotatable bonds is 1. The van der Waals surface area contributed by atoms with Crippen LogP contribution >= 0.6 is 0 Å². The maximum absolute atomic E-state index is 9.81. The zero-order valence-corrected chi connectivity index (χ0v) is 9.65. The van der Waals surface area contributed by atoms with Gasteiger partial charge in [-0.2, -0.15) is 0 Å². The Hall–Kier alpha value is 0.522. The van der Waals surface area contributed by atoms with Crippen molar-refractivity contribution >= 4 is 5.91 Å². The third-order valence-corrected chi connectivity index (χ3v) is 0.524. The van der Waals surface area contributed by atoms with Gasteiger partial charge in [-0.25, -0.2) is 0 Å². The molecule has 3 heteroatoms. The summed E-state index contributed by atoms with van der Waals surface area (Å²) in [5.74, 6) is -0.611. The van der Waals surface area contributed by atoms with Gasteiger partial charge in [0.25, 0.3) is 0 Å². The van der Waals surface area contributed by atoms with Crippen LogP contribution in [0.3, 0.4) is 0 Å². The van der Waals surface area contributed by atoms with E-state index >= 15 is 0 Å². The molecule has 0 rings (SSSR count). The summed E-state index contributed by atoms with van der Waals surface area (Å²) in [5, 5.41) is 0. The van der Waals surface area contributed by atoms with Gasteiger partial charge in [0.1, 0.15) is 0 Å². The van der Waals surface area contributed by atoms with Crippen LogP contribution in [0.2, 0.25) is 0 Å². The van der Waals surface area contributed by atoms with Crippen LogP contribution in [-0.4, -0.2) is 5.91 Å². The van der Waals surface area contributed by atoms with E-state index in [2.05, 4.69) is 0 Å². The Morgan fingerprint density at radius 3 is 1.62 bits per heavy atom. The van der Waals surface area contributed by atoms with Crippen molar-refractivity contribution in [1.29, 1.82) is 0 Å². The molecule has 8 heavy (non-hydrogen) atoms. The molecule has 0 aromatic heterocycles. The van der Waals surface area contributed by atoms with E-state index in [-0.39, 0.29) is 44.5 Å². The van der Waals surface area contributed by atoms with Gasteiger partial charge in [0, 0.05) is 0 Å². The second kappa shape index (κ2) is 7.52. The second-order valence-electron chi connectivity index (χ2n) is 1.52. The van der Waals surface area contributed by atoms with Crippen LogP contribution < -0.4 is 0 Å². The topological polar surface area (TPSA) is 40.9 Å². The quantitative estimate of drug-likeness (QED) is 0.670. The standard InChI is InChI=1S/C4H9NO.CH3.U/c1-3(2)4(5)6;;/h3H,1-2H3,(H2,5,6);1H3;/q;-1;+2/p-1. The third-order valence-electron chi connectivity index (χ3n) is 0.524. The van der Waals surface area contributed by atoms with Crippen molar-refractivity contribution in [2.75, 3.05) is 0 Å². The number of carbonyl (C=O) groups is 1. The molecule has 0 atom stereocenters. The molecule has 0 aromatic rings. The first-order valence-corrected chi connectivity index (χ1v) is 1.90. The molecule has 0 spiro atoms. The van der Waals surface area contributed by atoms with Crippen LogP contribution in [0.1, 0.15) is 13.8 Å². The molecule has 0 unspecified atom stereocenters. The predicted molar refractivity (Wildman–Crippen MR) is 30.6 cm³/mol. The average Bonchev–Trinajstić information content (AvgIpc) is 1.36. The molecule has 0 aromatic carbocycles. The fraction of sp³-hybridized carbons (Fsp3) is 0.600. The van der Waals surface area contributed by atoms with Gasteiger partial charge in [-0.1, -0.05) is 13.8 Å². The minimum Gasteiger partial charge on any atom is -0.668 e. The first-order chi connectivity index (χ1) is 2.64. The Morgan fingerprint density at radius 2 is 1.62 bits per heavy atom. The zero-order valence-electron chi connectivity index (χ0n) is 5.49. The molecule has 1 amide bonds. The third kappa shape index (κ3) is 9.73. The largest absolute Gasteiger partial charge is 2.00 e. The van der Waals surface area contributed by atoms with E-state index in [0.717, 1.165) is 0 Å². The predicted octanol–water partition coefficient (Wildman–Crippen LogP) is 1.67. The molecule has 0 fully saturated rings. The van der Waals surface area contributed by atoms with Crippen molar-refractivity contribution in [2.24, 2.45) is 5.92 Å². The fourth-order valence-corrected chi connectivity index (χ4v) is 0. The maximum Gasteiger partial charge on any atom is 2.00 e. The second-order valence-corrected chi connectivity index (χ2v) is 1.52. The SMILES string of the molecule is CC(C)C([NH-])=O.[CH3-].[U+2]. The number of amides is 1. The fourth-order valence-electron chi connectivity index (χ4n) is 0. The molecule has 46 valence electrons. The van der Waals surface area contributed by atoms with Crippen molar-refractivity contribution in [3.63, 3.8) is 0 Å². The molecule has 0 aliphatic heterocycles. The van der Waals surface area contributed by atoms with Gasteiger partial charge in [0.2, 0.25) is 0 Å². The van der Waals surface area contributed by atoms with Crippen molar-refractivity contribution < 1.29 is 35.9 Å². The molecule has 0 saturated carbocycles. The maximum atomic E-state index is 9.81. The minimum atomic E-state index is -0.491. The Morgan fingerprint density at radius 1 is 1.50 bits per heavy atom. The first-order valence-electron chi connectivity index (χ1n) is 1.90. The summed E-state index contributed by atoms with van der Waals surface area (Å²) in [4.78, 5) is 9.81. The number of hydrogen-bond donors (Lipinski definition) is 0. The monoisotopic (exact) mass is 339 g/mol. The molecule has 0 heterocycles. The Labute approximate surface area is 74.6 Å². The van der Waals surface area contributed by atoms with Crippen molar-refractivity contribution in [3.05, 3.63) is 13.2 Å². The summed E-state index contributed by atoms with van der Waals surface area (Å²) in [6, 6.07) is 0. The van der Waals surface area contributed by atoms with Crippen LogP contribution in [0, 0.1) is 44.5 Å². The zero-order chi connectivity index (χ0) is 5.15. The molecule has 0 aliphatic rings. The minimum absolute atomic E-state index is 0. The van der Waals surface area contributed by atoms with E-state index in [9.17, 15) is 4.79 Å². The van der Waals surface area contributed by atoms with Crippen LogP contribution in [0.15, 0.2) is 0 Å². The van der Waals surface area contributed by atoms with Crippen molar-refractivity contribution in [1.82, 2.24) is 0 Å². The number of carbonyl (C=O) groups excluding carboxylic acids is 1. The summed E-state index contributed by atoms with van der Waals surface area (Å²) >= 11 is 0. The molecular formula is C5H11NOU. The van der Waals surface area contributed by atoms with Gasteiger partial charge in [-0.05, 0) is 5.92 Å². The Balaban J connectivity index is -0.000000125. The van der Waals surface area contributed by atoms with Gasteiger partial charge in [-0.3, -0.25) is 0 Å². The molecule has 1 N–H and O–H groups in total. The van der Waals surface area contributed by atoms with Gasteiger partial charge in [-0.15, -0.1) is 0 Å². The molecule has 0 saturated heterocycles. The smallest absolute Gasteiger partial charge is 0.668 e. The van der Waals surface area contributed by atoms with Crippen LogP contribution in [0.25, 0.3) is 5.73 Å². The summed E-state index contributed by atoms with van der Waals surface area (Å²) in [5.41, 5.74) is 6.39. The summed E-state index contributed by atoms with van der Waals surface area (Å²) in [6.45, 7) is 3.41. The van der Waals surface area contributed by atoms with Crippen LogP contribution in [0.4, 0.5) is 0 Å². The molecule has 0 radical (unpaired) electrons. The first kappa shape index (κ1) is 15.8. The number of hydrogen-bond acceptors (Lipinski definition) is 1.